The van der Waals surface area contributed by atoms with Crippen LogP contribution in [0, 0.1) is 6.92 Å². The minimum atomic E-state index is 0.545. The summed E-state index contributed by atoms with van der Waals surface area (Å²) in [6.07, 6.45) is 7.61. The van der Waals surface area contributed by atoms with Gasteiger partial charge in [0.2, 0.25) is 0 Å². The van der Waals surface area contributed by atoms with Crippen LogP contribution in [0.5, 0.6) is 0 Å². The lowest BCUT2D eigenvalue weighted by Crippen LogP contribution is -2.31. The van der Waals surface area contributed by atoms with Crippen LogP contribution >= 0.6 is 0 Å². The first kappa shape index (κ1) is 12.7. The van der Waals surface area contributed by atoms with Gasteiger partial charge in [0.1, 0.15) is 17.5 Å². The second kappa shape index (κ2) is 4.96. The number of nitrogens with two attached hydrogens (primary N) is 1. The molecule has 0 bridgehead atoms. The highest BCUT2D eigenvalue weighted by atomic mass is 15.3. The SMILES string of the molecule is Cc1c(NN)nc(C2CC2)nc1N(C)C1CCCC1. The van der Waals surface area contributed by atoms with Crippen LogP contribution in [0.15, 0.2) is 0 Å². The molecule has 1 aromatic heterocycles. The second-order valence-corrected chi connectivity index (χ2v) is 5.85. The normalized spacial score (nSPS) is 19.7. The van der Waals surface area contributed by atoms with E-state index in [0.29, 0.717) is 12.0 Å². The first-order valence-electron chi connectivity index (χ1n) is 7.28. The van der Waals surface area contributed by atoms with Crippen molar-refractivity contribution >= 4 is 11.6 Å². The van der Waals surface area contributed by atoms with E-state index in [2.05, 4.69) is 22.4 Å². The molecule has 0 atom stereocenters. The molecule has 2 aliphatic carbocycles. The van der Waals surface area contributed by atoms with Gasteiger partial charge >= 0.3 is 0 Å². The molecule has 19 heavy (non-hydrogen) atoms. The number of anilines is 2. The fourth-order valence-corrected chi connectivity index (χ4v) is 2.99. The first-order valence-corrected chi connectivity index (χ1v) is 7.28. The molecule has 1 aromatic rings. The molecule has 0 aliphatic heterocycles. The Morgan fingerprint density at radius 1 is 1.16 bits per heavy atom. The lowest BCUT2D eigenvalue weighted by Gasteiger charge is -2.27. The van der Waals surface area contributed by atoms with E-state index in [-0.39, 0.29) is 0 Å². The van der Waals surface area contributed by atoms with Gasteiger partial charge < -0.3 is 10.3 Å². The molecule has 2 fully saturated rings. The summed E-state index contributed by atoms with van der Waals surface area (Å²) in [5.74, 6) is 8.93. The van der Waals surface area contributed by atoms with E-state index in [0.717, 1.165) is 23.0 Å². The Morgan fingerprint density at radius 3 is 2.42 bits per heavy atom. The summed E-state index contributed by atoms with van der Waals surface area (Å²) in [7, 11) is 2.16. The summed E-state index contributed by atoms with van der Waals surface area (Å²) in [5.41, 5.74) is 3.78. The fraction of sp³-hybridized carbons (Fsp3) is 0.714. The quantitative estimate of drug-likeness (QED) is 0.643. The Morgan fingerprint density at radius 2 is 1.84 bits per heavy atom. The highest BCUT2D eigenvalue weighted by molar-refractivity contribution is 5.58. The summed E-state index contributed by atoms with van der Waals surface area (Å²) in [6.45, 7) is 2.05. The molecule has 0 saturated heterocycles. The maximum atomic E-state index is 5.60. The number of nitrogens with one attached hydrogen (secondary N) is 1. The summed E-state index contributed by atoms with van der Waals surface area (Å²) >= 11 is 0. The van der Waals surface area contributed by atoms with Gasteiger partial charge in [-0.05, 0) is 32.6 Å². The minimum Gasteiger partial charge on any atom is -0.356 e. The Balaban J connectivity index is 1.95. The molecule has 2 saturated carbocycles. The second-order valence-electron chi connectivity index (χ2n) is 5.85. The van der Waals surface area contributed by atoms with Gasteiger partial charge in [-0.2, -0.15) is 0 Å². The maximum absolute atomic E-state index is 5.60. The summed E-state index contributed by atoms with van der Waals surface area (Å²) in [6, 6.07) is 0.617. The van der Waals surface area contributed by atoms with Crippen molar-refractivity contribution in [3.05, 3.63) is 11.4 Å². The van der Waals surface area contributed by atoms with Crippen LogP contribution in [0.25, 0.3) is 0 Å². The van der Waals surface area contributed by atoms with Crippen molar-refractivity contribution in [2.75, 3.05) is 17.4 Å². The average Bonchev–Trinajstić information content (AvgIpc) is 3.13. The van der Waals surface area contributed by atoms with Gasteiger partial charge in [-0.25, -0.2) is 15.8 Å². The van der Waals surface area contributed by atoms with E-state index in [1.165, 1.54) is 38.5 Å². The van der Waals surface area contributed by atoms with Crippen molar-refractivity contribution in [3.8, 4) is 0 Å². The van der Waals surface area contributed by atoms with Gasteiger partial charge in [0.15, 0.2) is 0 Å². The van der Waals surface area contributed by atoms with Crippen LogP contribution in [-0.4, -0.2) is 23.1 Å². The van der Waals surface area contributed by atoms with Gasteiger partial charge in [-0.15, -0.1) is 0 Å². The molecule has 5 heteroatoms. The highest BCUT2D eigenvalue weighted by Gasteiger charge is 2.30. The van der Waals surface area contributed by atoms with Crippen molar-refractivity contribution in [2.45, 2.75) is 57.4 Å². The van der Waals surface area contributed by atoms with Crippen molar-refractivity contribution in [3.63, 3.8) is 0 Å². The van der Waals surface area contributed by atoms with Gasteiger partial charge in [0.05, 0.1) is 0 Å². The topological polar surface area (TPSA) is 67.1 Å². The lowest BCUT2D eigenvalue weighted by molar-refractivity contribution is 0.641. The summed E-state index contributed by atoms with van der Waals surface area (Å²) in [5, 5.41) is 0. The number of aromatic nitrogens is 2. The van der Waals surface area contributed by atoms with E-state index in [1.807, 2.05) is 6.92 Å². The number of hydrazine groups is 1. The largest absolute Gasteiger partial charge is 0.356 e. The van der Waals surface area contributed by atoms with Crippen LogP contribution in [0.4, 0.5) is 11.6 Å². The Bertz CT molecular complexity index is 463. The van der Waals surface area contributed by atoms with Crippen LogP contribution in [0.2, 0.25) is 0 Å². The molecule has 104 valence electrons. The summed E-state index contributed by atoms with van der Waals surface area (Å²) in [4.78, 5) is 11.7. The number of nitrogen functional groups attached to an aromatic ring is 1. The van der Waals surface area contributed by atoms with Crippen LogP contribution in [0.1, 0.15) is 55.8 Å². The van der Waals surface area contributed by atoms with Crippen LogP contribution < -0.4 is 16.2 Å². The molecule has 1 heterocycles. The molecule has 0 radical (unpaired) electrons. The molecule has 3 rings (SSSR count). The molecule has 0 unspecified atom stereocenters. The van der Waals surface area contributed by atoms with E-state index in [1.54, 1.807) is 0 Å². The molecular weight excluding hydrogens is 238 g/mol. The summed E-state index contributed by atoms with van der Waals surface area (Å²) < 4.78 is 0. The van der Waals surface area contributed by atoms with Crippen LogP contribution in [-0.2, 0) is 0 Å². The number of nitrogens with zero attached hydrogens (tertiary/aromatic N) is 3. The molecule has 0 amide bonds. The van der Waals surface area contributed by atoms with Crippen LogP contribution in [0.3, 0.4) is 0 Å². The molecule has 2 aliphatic rings. The zero-order valence-electron chi connectivity index (χ0n) is 11.8. The van der Waals surface area contributed by atoms with Crippen molar-refractivity contribution in [1.82, 2.24) is 9.97 Å². The third kappa shape index (κ3) is 2.39. The Hall–Kier alpha value is -1.36. The Kier molecular flexibility index (Phi) is 3.31. The molecule has 0 aromatic carbocycles. The lowest BCUT2D eigenvalue weighted by atomic mass is 10.2. The van der Waals surface area contributed by atoms with Crippen molar-refractivity contribution < 1.29 is 0 Å². The van der Waals surface area contributed by atoms with E-state index in [9.17, 15) is 0 Å². The molecular formula is C14H23N5. The minimum absolute atomic E-state index is 0.545. The first-order chi connectivity index (χ1) is 9.20. The third-order valence-corrected chi connectivity index (χ3v) is 4.42. The number of hydrogen-bond donors (Lipinski definition) is 2. The average molecular weight is 261 g/mol. The van der Waals surface area contributed by atoms with Gasteiger partial charge in [0, 0.05) is 24.6 Å². The number of hydrogen-bond acceptors (Lipinski definition) is 5. The van der Waals surface area contributed by atoms with E-state index < -0.39 is 0 Å². The fourth-order valence-electron chi connectivity index (χ4n) is 2.99. The van der Waals surface area contributed by atoms with Gasteiger partial charge in [-0.1, -0.05) is 12.8 Å². The standard InChI is InChI=1S/C14H23N5/c1-9-12(18-15)16-13(10-7-8-10)17-14(9)19(2)11-5-3-4-6-11/h10-11H,3-8,15H2,1-2H3,(H,16,17,18). The van der Waals surface area contributed by atoms with Crippen molar-refractivity contribution in [2.24, 2.45) is 5.84 Å². The Labute approximate surface area is 114 Å². The predicted octanol–water partition coefficient (Wildman–Crippen LogP) is 2.33. The zero-order valence-corrected chi connectivity index (χ0v) is 11.8. The van der Waals surface area contributed by atoms with Gasteiger partial charge in [0.25, 0.3) is 0 Å². The number of rotatable bonds is 4. The third-order valence-electron chi connectivity index (χ3n) is 4.42. The zero-order chi connectivity index (χ0) is 13.4. The highest BCUT2D eigenvalue weighted by Crippen LogP contribution is 2.40. The molecule has 3 N–H and O–H groups in total. The van der Waals surface area contributed by atoms with Gasteiger partial charge in [-0.3, -0.25) is 0 Å². The smallest absolute Gasteiger partial charge is 0.148 e. The maximum Gasteiger partial charge on any atom is 0.148 e. The van der Waals surface area contributed by atoms with E-state index >= 15 is 0 Å². The van der Waals surface area contributed by atoms with E-state index in [4.69, 9.17) is 10.8 Å². The molecule has 5 nitrogen and oxygen atoms in total. The molecule has 0 spiro atoms. The van der Waals surface area contributed by atoms with Crippen molar-refractivity contribution in [1.29, 1.82) is 0 Å². The monoisotopic (exact) mass is 261 g/mol. The predicted molar refractivity (Wildman–Crippen MR) is 77.2 cm³/mol.